The number of halogens is 2. The topological polar surface area (TPSA) is 51.0 Å². The summed E-state index contributed by atoms with van der Waals surface area (Å²) in [4.78, 5) is 0. The average molecular weight is 270 g/mol. The smallest absolute Gasteiger partial charge is 0.315 e. The van der Waals surface area contributed by atoms with Crippen LogP contribution in [-0.2, 0) is 12.4 Å². The van der Waals surface area contributed by atoms with Crippen LogP contribution >= 0.6 is 11.6 Å². The Bertz CT molecular complexity index is 533. The van der Waals surface area contributed by atoms with E-state index in [1.165, 1.54) is 0 Å². The second-order valence-corrected chi connectivity index (χ2v) is 4.30. The highest BCUT2D eigenvalue weighted by molar-refractivity contribution is 6.16. The molecule has 1 heterocycles. The molecule has 0 fully saturated rings. The molecule has 0 amide bonds. The molecule has 1 aromatic carbocycles. The minimum absolute atomic E-state index is 0.166. The summed E-state index contributed by atoms with van der Waals surface area (Å²) in [5.41, 5.74) is 2.20. The van der Waals surface area contributed by atoms with Crippen LogP contribution in [0.4, 0.5) is 10.4 Å². The Kier molecular flexibility index (Phi) is 3.81. The molecule has 2 aromatic rings. The molecule has 0 spiro atoms. The van der Waals surface area contributed by atoms with Gasteiger partial charge in [-0.3, -0.25) is 0 Å². The van der Waals surface area contributed by atoms with E-state index in [9.17, 15) is 4.39 Å². The maximum Gasteiger partial charge on any atom is 0.315 e. The highest BCUT2D eigenvalue weighted by atomic mass is 35.5. The fourth-order valence-corrected chi connectivity index (χ4v) is 1.80. The molecule has 18 heavy (non-hydrogen) atoms. The number of anilines is 1. The van der Waals surface area contributed by atoms with Gasteiger partial charge >= 0.3 is 6.01 Å². The fraction of sp³-hybridized carbons (Fsp3) is 0.333. The molecule has 6 heteroatoms. The number of nitrogens with one attached hydrogen (secondary N) is 1. The monoisotopic (exact) mass is 269 g/mol. The highest BCUT2D eigenvalue weighted by Crippen LogP contribution is 2.16. The summed E-state index contributed by atoms with van der Waals surface area (Å²) in [6.07, 6.45) is 0. The molecule has 4 nitrogen and oxygen atoms in total. The van der Waals surface area contributed by atoms with Crippen LogP contribution in [0, 0.1) is 19.7 Å². The average Bonchev–Trinajstić information content (AvgIpc) is 2.81. The van der Waals surface area contributed by atoms with Crippen molar-refractivity contribution < 1.29 is 8.81 Å². The molecule has 1 N–H and O–H groups in total. The number of aryl methyl sites for hydroxylation is 2. The molecule has 1 aromatic heterocycles. The first kappa shape index (κ1) is 12.8. The summed E-state index contributed by atoms with van der Waals surface area (Å²) >= 11 is 5.55. The molecular weight excluding hydrogens is 257 g/mol. The van der Waals surface area contributed by atoms with Crippen LogP contribution in [0.3, 0.4) is 0 Å². The van der Waals surface area contributed by atoms with Crippen molar-refractivity contribution in [3.8, 4) is 0 Å². The van der Waals surface area contributed by atoms with E-state index in [-0.39, 0.29) is 11.7 Å². The molecule has 0 saturated heterocycles. The van der Waals surface area contributed by atoms with Gasteiger partial charge < -0.3 is 9.73 Å². The van der Waals surface area contributed by atoms with Crippen LogP contribution in [0.1, 0.15) is 22.6 Å². The van der Waals surface area contributed by atoms with Gasteiger partial charge in [-0.1, -0.05) is 17.2 Å². The minimum atomic E-state index is -0.166. The number of hydrogen-bond acceptors (Lipinski definition) is 4. The maximum absolute atomic E-state index is 13.4. The normalized spacial score (nSPS) is 10.7. The second kappa shape index (κ2) is 5.35. The summed E-state index contributed by atoms with van der Waals surface area (Å²) in [6, 6.07) is 3.88. The summed E-state index contributed by atoms with van der Waals surface area (Å²) < 4.78 is 18.6. The lowest BCUT2D eigenvalue weighted by Crippen LogP contribution is -2.01. The summed E-state index contributed by atoms with van der Waals surface area (Å²) in [5.74, 6) is 0.385. The molecular formula is C12H13ClFN3O. The number of alkyl halides is 1. The molecule has 0 aliphatic carbocycles. The molecule has 0 radical (unpaired) electrons. The molecule has 2 rings (SSSR count). The molecule has 0 unspecified atom stereocenters. The van der Waals surface area contributed by atoms with Gasteiger partial charge in [0, 0.05) is 6.54 Å². The Morgan fingerprint density at radius 3 is 2.50 bits per heavy atom. The zero-order valence-corrected chi connectivity index (χ0v) is 10.9. The summed E-state index contributed by atoms with van der Waals surface area (Å²) in [7, 11) is 0. The number of nitrogens with zero attached hydrogens (tertiary/aromatic N) is 2. The van der Waals surface area contributed by atoms with E-state index in [4.69, 9.17) is 16.0 Å². The summed E-state index contributed by atoms with van der Waals surface area (Å²) in [5, 5.41) is 10.5. The standard InChI is InChI=1S/C12H13ClFN3O/c1-7-3-9(4-8(2)11(7)14)6-15-12-17-16-10(5-13)18-12/h3-4H,5-6H2,1-2H3,(H,15,17). The number of rotatable bonds is 4. The first-order valence-corrected chi connectivity index (χ1v) is 6.01. The van der Waals surface area contributed by atoms with Crippen LogP contribution in [-0.4, -0.2) is 10.2 Å². The zero-order valence-electron chi connectivity index (χ0n) is 10.1. The van der Waals surface area contributed by atoms with Crippen molar-refractivity contribution in [3.05, 3.63) is 40.5 Å². The first-order valence-electron chi connectivity index (χ1n) is 5.48. The van der Waals surface area contributed by atoms with E-state index in [1.807, 2.05) is 0 Å². The third-order valence-electron chi connectivity index (χ3n) is 2.52. The van der Waals surface area contributed by atoms with Gasteiger partial charge in [0.2, 0.25) is 5.89 Å². The van der Waals surface area contributed by atoms with Gasteiger partial charge in [-0.2, -0.15) is 0 Å². The Labute approximate surface area is 109 Å². The van der Waals surface area contributed by atoms with E-state index < -0.39 is 0 Å². The van der Waals surface area contributed by atoms with Crippen LogP contribution in [0.2, 0.25) is 0 Å². The Balaban J connectivity index is 2.06. The highest BCUT2D eigenvalue weighted by Gasteiger charge is 2.07. The number of hydrogen-bond donors (Lipinski definition) is 1. The number of aromatic nitrogens is 2. The SMILES string of the molecule is Cc1cc(CNc2nnc(CCl)o2)cc(C)c1F. The van der Waals surface area contributed by atoms with Gasteiger partial charge in [-0.25, -0.2) is 4.39 Å². The van der Waals surface area contributed by atoms with Gasteiger partial charge in [0.25, 0.3) is 0 Å². The van der Waals surface area contributed by atoms with Crippen molar-refractivity contribution in [1.82, 2.24) is 10.2 Å². The van der Waals surface area contributed by atoms with Gasteiger partial charge in [0.1, 0.15) is 11.7 Å². The lowest BCUT2D eigenvalue weighted by Gasteiger charge is -2.06. The quantitative estimate of drug-likeness (QED) is 0.866. The Hall–Kier alpha value is -1.62. The van der Waals surface area contributed by atoms with Crippen molar-refractivity contribution in [2.75, 3.05) is 5.32 Å². The molecule has 0 aliphatic rings. The minimum Gasteiger partial charge on any atom is -0.407 e. The van der Waals surface area contributed by atoms with E-state index in [0.29, 0.717) is 29.6 Å². The number of benzene rings is 1. The van der Waals surface area contributed by atoms with Gasteiger partial charge in [-0.05, 0) is 30.5 Å². The third kappa shape index (κ3) is 2.79. The van der Waals surface area contributed by atoms with Crippen molar-refractivity contribution >= 4 is 17.6 Å². The van der Waals surface area contributed by atoms with Gasteiger partial charge in [0.15, 0.2) is 0 Å². The molecule has 0 atom stereocenters. The molecule has 0 saturated carbocycles. The molecule has 96 valence electrons. The van der Waals surface area contributed by atoms with E-state index >= 15 is 0 Å². The zero-order chi connectivity index (χ0) is 13.1. The van der Waals surface area contributed by atoms with Crippen LogP contribution in [0.15, 0.2) is 16.5 Å². The molecule has 0 bridgehead atoms. The molecule has 0 aliphatic heterocycles. The Morgan fingerprint density at radius 2 is 1.94 bits per heavy atom. The Morgan fingerprint density at radius 1 is 1.28 bits per heavy atom. The van der Waals surface area contributed by atoms with Crippen molar-refractivity contribution in [2.45, 2.75) is 26.3 Å². The van der Waals surface area contributed by atoms with Crippen molar-refractivity contribution in [3.63, 3.8) is 0 Å². The predicted molar refractivity (Wildman–Crippen MR) is 67.1 cm³/mol. The first-order chi connectivity index (χ1) is 8.60. The van der Waals surface area contributed by atoms with Gasteiger partial charge in [0.05, 0.1) is 0 Å². The van der Waals surface area contributed by atoms with Crippen LogP contribution in [0.25, 0.3) is 0 Å². The fourth-order valence-electron chi connectivity index (χ4n) is 1.69. The van der Waals surface area contributed by atoms with E-state index in [1.54, 1.807) is 26.0 Å². The predicted octanol–water partition coefficient (Wildman–Crippen LogP) is 3.18. The lowest BCUT2D eigenvalue weighted by molar-refractivity contribution is 0.525. The lowest BCUT2D eigenvalue weighted by atomic mass is 10.1. The largest absolute Gasteiger partial charge is 0.407 e. The third-order valence-corrected chi connectivity index (χ3v) is 2.75. The second-order valence-electron chi connectivity index (χ2n) is 4.03. The van der Waals surface area contributed by atoms with Crippen LogP contribution < -0.4 is 5.32 Å². The van der Waals surface area contributed by atoms with Crippen molar-refractivity contribution in [1.29, 1.82) is 0 Å². The van der Waals surface area contributed by atoms with E-state index in [0.717, 1.165) is 5.56 Å². The van der Waals surface area contributed by atoms with Gasteiger partial charge in [-0.15, -0.1) is 16.7 Å². The maximum atomic E-state index is 13.4. The van der Waals surface area contributed by atoms with Crippen molar-refractivity contribution in [2.24, 2.45) is 0 Å². The summed E-state index contributed by atoms with van der Waals surface area (Å²) in [6.45, 7) is 3.97. The van der Waals surface area contributed by atoms with E-state index in [2.05, 4.69) is 15.5 Å². The van der Waals surface area contributed by atoms with Crippen LogP contribution in [0.5, 0.6) is 0 Å².